The van der Waals surface area contributed by atoms with Crippen molar-refractivity contribution in [3.63, 3.8) is 0 Å². The smallest absolute Gasteiger partial charge is 0.0647 e. The summed E-state index contributed by atoms with van der Waals surface area (Å²) in [6.07, 6.45) is 1.24. The minimum Gasteiger partial charge on any atom is -0.383 e. The van der Waals surface area contributed by atoms with Crippen LogP contribution in [0, 0.1) is 5.41 Å². The molecule has 2 nitrogen and oxygen atoms in total. The second kappa shape index (κ2) is 2.76. The molecule has 66 valence electrons. The van der Waals surface area contributed by atoms with Gasteiger partial charge >= 0.3 is 0 Å². The molecule has 0 radical (unpaired) electrons. The van der Waals surface area contributed by atoms with E-state index in [-0.39, 0.29) is 5.54 Å². The van der Waals surface area contributed by atoms with Crippen LogP contribution in [0.3, 0.4) is 0 Å². The van der Waals surface area contributed by atoms with Gasteiger partial charge in [-0.25, -0.2) is 0 Å². The predicted molar refractivity (Wildman–Crippen MR) is 46.7 cm³/mol. The van der Waals surface area contributed by atoms with E-state index in [1.54, 1.807) is 7.11 Å². The van der Waals surface area contributed by atoms with Gasteiger partial charge in [0.25, 0.3) is 0 Å². The molecule has 0 saturated carbocycles. The molecule has 1 aliphatic heterocycles. The lowest BCUT2D eigenvalue weighted by Gasteiger charge is -2.37. The van der Waals surface area contributed by atoms with Gasteiger partial charge in [-0.05, 0) is 25.3 Å². The Morgan fingerprint density at radius 1 is 1.36 bits per heavy atom. The topological polar surface area (TPSA) is 21.3 Å². The lowest BCUT2D eigenvalue weighted by atomic mass is 9.75. The lowest BCUT2D eigenvalue weighted by molar-refractivity contribution is 0.0699. The molecule has 1 unspecified atom stereocenters. The van der Waals surface area contributed by atoms with Crippen molar-refractivity contribution in [1.29, 1.82) is 0 Å². The van der Waals surface area contributed by atoms with Crippen molar-refractivity contribution in [1.82, 2.24) is 5.32 Å². The average Bonchev–Trinajstić information content (AvgIpc) is 2.09. The van der Waals surface area contributed by atoms with E-state index in [9.17, 15) is 0 Å². The highest BCUT2D eigenvalue weighted by Gasteiger charge is 2.44. The summed E-state index contributed by atoms with van der Waals surface area (Å²) in [5.41, 5.74) is 0.532. The number of hydrogen-bond donors (Lipinski definition) is 1. The Morgan fingerprint density at radius 2 is 2.00 bits per heavy atom. The Balaban J connectivity index is 2.68. The number of rotatable bonds is 2. The van der Waals surface area contributed by atoms with Crippen molar-refractivity contribution in [3.05, 3.63) is 0 Å². The highest BCUT2D eigenvalue weighted by molar-refractivity contribution is 5.02. The van der Waals surface area contributed by atoms with E-state index in [4.69, 9.17) is 4.74 Å². The summed E-state index contributed by atoms with van der Waals surface area (Å²) in [5.74, 6) is 0. The summed E-state index contributed by atoms with van der Waals surface area (Å²) in [5, 5.41) is 3.50. The normalized spacial score (nSPS) is 36.0. The van der Waals surface area contributed by atoms with E-state index in [1.165, 1.54) is 6.42 Å². The van der Waals surface area contributed by atoms with Gasteiger partial charge in [-0.2, -0.15) is 0 Å². The maximum absolute atomic E-state index is 5.20. The van der Waals surface area contributed by atoms with Crippen molar-refractivity contribution in [3.8, 4) is 0 Å². The molecular weight excluding hydrogens is 138 g/mol. The Labute approximate surface area is 69.3 Å². The van der Waals surface area contributed by atoms with Crippen molar-refractivity contribution in [2.24, 2.45) is 5.41 Å². The first-order valence-electron chi connectivity index (χ1n) is 4.26. The van der Waals surface area contributed by atoms with Gasteiger partial charge in [0.1, 0.15) is 0 Å². The van der Waals surface area contributed by atoms with Crippen molar-refractivity contribution in [2.45, 2.75) is 32.7 Å². The van der Waals surface area contributed by atoms with Gasteiger partial charge in [-0.15, -0.1) is 0 Å². The van der Waals surface area contributed by atoms with Crippen LogP contribution in [0.2, 0.25) is 0 Å². The van der Waals surface area contributed by atoms with E-state index in [2.05, 4.69) is 26.1 Å². The SMILES string of the molecule is COCC1(C)NCCC1(C)C. The highest BCUT2D eigenvalue weighted by atomic mass is 16.5. The van der Waals surface area contributed by atoms with Crippen molar-refractivity contribution >= 4 is 0 Å². The zero-order valence-electron chi connectivity index (χ0n) is 8.03. The molecule has 11 heavy (non-hydrogen) atoms. The zero-order chi connectivity index (χ0) is 8.54. The molecule has 1 N–H and O–H groups in total. The van der Waals surface area contributed by atoms with Crippen LogP contribution < -0.4 is 5.32 Å². The van der Waals surface area contributed by atoms with Gasteiger partial charge < -0.3 is 10.1 Å². The van der Waals surface area contributed by atoms with Crippen LogP contribution in [-0.2, 0) is 4.74 Å². The fourth-order valence-electron chi connectivity index (χ4n) is 1.70. The van der Waals surface area contributed by atoms with E-state index < -0.39 is 0 Å². The molecule has 0 aliphatic carbocycles. The van der Waals surface area contributed by atoms with Crippen molar-refractivity contribution < 1.29 is 4.74 Å². The summed E-state index contributed by atoms with van der Waals surface area (Å²) in [6, 6.07) is 0. The Morgan fingerprint density at radius 3 is 2.36 bits per heavy atom. The third kappa shape index (κ3) is 1.42. The Kier molecular flexibility index (Phi) is 2.26. The first kappa shape index (κ1) is 9.01. The molecule has 0 spiro atoms. The maximum atomic E-state index is 5.20. The number of ether oxygens (including phenoxy) is 1. The molecule has 0 aromatic rings. The van der Waals surface area contributed by atoms with Crippen LogP contribution in [0.25, 0.3) is 0 Å². The molecule has 0 bridgehead atoms. The van der Waals surface area contributed by atoms with Gasteiger partial charge in [0.2, 0.25) is 0 Å². The first-order valence-corrected chi connectivity index (χ1v) is 4.26. The third-order valence-corrected chi connectivity index (χ3v) is 3.19. The molecule has 1 rings (SSSR count). The molecule has 1 heterocycles. The zero-order valence-corrected chi connectivity index (χ0v) is 8.03. The second-order valence-corrected chi connectivity index (χ2v) is 4.33. The van der Waals surface area contributed by atoms with Crippen LogP contribution in [0.5, 0.6) is 0 Å². The van der Waals surface area contributed by atoms with Gasteiger partial charge in [0.15, 0.2) is 0 Å². The van der Waals surface area contributed by atoms with Crippen molar-refractivity contribution in [2.75, 3.05) is 20.3 Å². The van der Waals surface area contributed by atoms with Crippen LogP contribution in [0.15, 0.2) is 0 Å². The third-order valence-electron chi connectivity index (χ3n) is 3.19. The quantitative estimate of drug-likeness (QED) is 0.654. The van der Waals surface area contributed by atoms with E-state index in [1.807, 2.05) is 0 Å². The fraction of sp³-hybridized carbons (Fsp3) is 1.00. The van der Waals surface area contributed by atoms with Gasteiger partial charge in [-0.1, -0.05) is 13.8 Å². The molecule has 0 aromatic carbocycles. The van der Waals surface area contributed by atoms with Crippen LogP contribution in [-0.4, -0.2) is 25.8 Å². The monoisotopic (exact) mass is 157 g/mol. The summed E-state index contributed by atoms with van der Waals surface area (Å²) in [6.45, 7) is 8.76. The van der Waals surface area contributed by atoms with Crippen LogP contribution in [0.4, 0.5) is 0 Å². The van der Waals surface area contributed by atoms with Crippen LogP contribution >= 0.6 is 0 Å². The molecule has 1 saturated heterocycles. The standard InChI is InChI=1S/C9H19NO/c1-8(2)5-6-10-9(8,3)7-11-4/h10H,5-7H2,1-4H3. The number of nitrogens with one attached hydrogen (secondary N) is 1. The second-order valence-electron chi connectivity index (χ2n) is 4.33. The van der Waals surface area contributed by atoms with Gasteiger partial charge in [0, 0.05) is 12.6 Å². The average molecular weight is 157 g/mol. The van der Waals surface area contributed by atoms with E-state index in [0.29, 0.717) is 5.41 Å². The van der Waals surface area contributed by atoms with Gasteiger partial charge in [-0.3, -0.25) is 0 Å². The molecular formula is C9H19NO. The largest absolute Gasteiger partial charge is 0.383 e. The van der Waals surface area contributed by atoms with E-state index >= 15 is 0 Å². The predicted octanol–water partition coefficient (Wildman–Crippen LogP) is 1.41. The number of methoxy groups -OCH3 is 1. The summed E-state index contributed by atoms with van der Waals surface area (Å²) >= 11 is 0. The minimum atomic E-state index is 0.168. The summed E-state index contributed by atoms with van der Waals surface area (Å²) in [4.78, 5) is 0. The lowest BCUT2D eigenvalue weighted by Crippen LogP contribution is -2.50. The first-order chi connectivity index (χ1) is 5.02. The highest BCUT2D eigenvalue weighted by Crippen LogP contribution is 2.38. The number of hydrogen-bond acceptors (Lipinski definition) is 2. The molecule has 0 amide bonds. The summed E-state index contributed by atoms with van der Waals surface area (Å²) in [7, 11) is 1.77. The maximum Gasteiger partial charge on any atom is 0.0647 e. The molecule has 1 aliphatic rings. The summed E-state index contributed by atoms with van der Waals surface area (Å²) < 4.78 is 5.20. The van der Waals surface area contributed by atoms with E-state index in [0.717, 1.165) is 13.2 Å². The molecule has 1 fully saturated rings. The molecule has 0 aromatic heterocycles. The molecule has 2 heteroatoms. The Hall–Kier alpha value is -0.0800. The Bertz CT molecular complexity index is 144. The van der Waals surface area contributed by atoms with Gasteiger partial charge in [0.05, 0.1) is 6.61 Å². The van der Waals surface area contributed by atoms with Crippen LogP contribution in [0.1, 0.15) is 27.2 Å². The fourth-order valence-corrected chi connectivity index (χ4v) is 1.70. The molecule has 1 atom stereocenters. The minimum absolute atomic E-state index is 0.168.